The van der Waals surface area contributed by atoms with Gasteiger partial charge in [0.25, 0.3) is 0 Å². The molecule has 3 heterocycles. The molecule has 148 valence electrons. The Kier molecular flexibility index (Phi) is 5.86. The summed E-state index contributed by atoms with van der Waals surface area (Å²) >= 11 is 0. The molecule has 1 unspecified atom stereocenters. The van der Waals surface area contributed by atoms with E-state index in [-0.39, 0.29) is 17.7 Å². The van der Waals surface area contributed by atoms with E-state index in [4.69, 9.17) is 9.47 Å². The van der Waals surface area contributed by atoms with Gasteiger partial charge < -0.3 is 14.4 Å². The molecule has 1 atom stereocenters. The van der Waals surface area contributed by atoms with Gasteiger partial charge in [0.1, 0.15) is 11.6 Å². The van der Waals surface area contributed by atoms with Gasteiger partial charge in [0.2, 0.25) is 11.8 Å². The SMILES string of the molecule is Cc1cc(Oc2ccccc2)nc(C2CCCN(C(=O)C3CCOCC3)C2)n1. The van der Waals surface area contributed by atoms with Crippen molar-refractivity contribution in [2.24, 2.45) is 5.92 Å². The van der Waals surface area contributed by atoms with Crippen molar-refractivity contribution in [3.8, 4) is 11.6 Å². The molecule has 1 amide bonds. The normalized spacial score (nSPS) is 20.8. The molecule has 2 aromatic rings. The first kappa shape index (κ1) is 18.9. The smallest absolute Gasteiger partial charge is 0.225 e. The Morgan fingerprint density at radius 1 is 1.14 bits per heavy atom. The molecule has 2 aliphatic heterocycles. The lowest BCUT2D eigenvalue weighted by Crippen LogP contribution is -2.44. The van der Waals surface area contributed by atoms with Crippen LogP contribution in [0.25, 0.3) is 0 Å². The van der Waals surface area contributed by atoms with Crippen LogP contribution in [0.2, 0.25) is 0 Å². The third kappa shape index (κ3) is 4.50. The summed E-state index contributed by atoms with van der Waals surface area (Å²) in [6.07, 6.45) is 3.63. The summed E-state index contributed by atoms with van der Waals surface area (Å²) in [7, 11) is 0. The number of carbonyl (C=O) groups excluding carboxylic acids is 1. The fourth-order valence-corrected chi connectivity index (χ4v) is 4.00. The van der Waals surface area contributed by atoms with Crippen LogP contribution < -0.4 is 4.74 Å². The molecule has 0 saturated carbocycles. The number of hydrogen-bond donors (Lipinski definition) is 0. The fourth-order valence-electron chi connectivity index (χ4n) is 4.00. The molecule has 0 spiro atoms. The molecule has 6 heteroatoms. The molecule has 0 N–H and O–H groups in total. The molecule has 0 radical (unpaired) electrons. The fraction of sp³-hybridized carbons (Fsp3) is 0.500. The first-order chi connectivity index (χ1) is 13.7. The molecule has 0 aliphatic carbocycles. The van der Waals surface area contributed by atoms with Gasteiger partial charge in [-0.3, -0.25) is 4.79 Å². The summed E-state index contributed by atoms with van der Waals surface area (Å²) < 4.78 is 11.3. The molecule has 1 aromatic carbocycles. The van der Waals surface area contributed by atoms with Crippen LogP contribution >= 0.6 is 0 Å². The zero-order valence-electron chi connectivity index (χ0n) is 16.3. The summed E-state index contributed by atoms with van der Waals surface area (Å²) in [5.41, 5.74) is 0.879. The van der Waals surface area contributed by atoms with Crippen molar-refractivity contribution in [1.82, 2.24) is 14.9 Å². The molecular formula is C22H27N3O3. The molecule has 0 bridgehead atoms. The van der Waals surface area contributed by atoms with Crippen molar-refractivity contribution in [1.29, 1.82) is 0 Å². The number of amides is 1. The van der Waals surface area contributed by atoms with E-state index in [0.29, 0.717) is 25.6 Å². The second-order valence-corrected chi connectivity index (χ2v) is 7.63. The van der Waals surface area contributed by atoms with Crippen molar-refractivity contribution >= 4 is 5.91 Å². The third-order valence-corrected chi connectivity index (χ3v) is 5.48. The molecule has 4 rings (SSSR count). The van der Waals surface area contributed by atoms with Crippen LogP contribution in [0.1, 0.15) is 43.1 Å². The molecule has 6 nitrogen and oxygen atoms in total. The van der Waals surface area contributed by atoms with E-state index < -0.39 is 0 Å². The molecule has 1 aromatic heterocycles. The Morgan fingerprint density at radius 3 is 2.71 bits per heavy atom. The van der Waals surface area contributed by atoms with Gasteiger partial charge in [-0.2, -0.15) is 4.98 Å². The van der Waals surface area contributed by atoms with E-state index >= 15 is 0 Å². The van der Waals surface area contributed by atoms with E-state index in [9.17, 15) is 4.79 Å². The maximum atomic E-state index is 12.9. The Bertz CT molecular complexity index is 806. The van der Waals surface area contributed by atoms with Gasteiger partial charge in [-0.15, -0.1) is 0 Å². The minimum atomic E-state index is 0.0999. The highest BCUT2D eigenvalue weighted by molar-refractivity contribution is 5.79. The Morgan fingerprint density at radius 2 is 1.93 bits per heavy atom. The zero-order valence-corrected chi connectivity index (χ0v) is 16.3. The summed E-state index contributed by atoms with van der Waals surface area (Å²) in [6, 6.07) is 11.5. The molecule has 2 aliphatic rings. The van der Waals surface area contributed by atoms with Crippen molar-refractivity contribution in [3.05, 3.63) is 47.9 Å². The minimum absolute atomic E-state index is 0.0999. The number of aromatic nitrogens is 2. The number of benzene rings is 1. The van der Waals surface area contributed by atoms with E-state index in [1.54, 1.807) is 0 Å². The van der Waals surface area contributed by atoms with E-state index in [1.807, 2.05) is 48.2 Å². The van der Waals surface area contributed by atoms with E-state index in [1.165, 1.54) is 0 Å². The van der Waals surface area contributed by atoms with Gasteiger partial charge in [0, 0.05) is 49.9 Å². The van der Waals surface area contributed by atoms with Crippen LogP contribution in [0.15, 0.2) is 36.4 Å². The van der Waals surface area contributed by atoms with E-state index in [2.05, 4.69) is 9.97 Å². The largest absolute Gasteiger partial charge is 0.439 e. The Labute approximate surface area is 165 Å². The third-order valence-electron chi connectivity index (χ3n) is 5.48. The maximum absolute atomic E-state index is 12.9. The first-order valence-electron chi connectivity index (χ1n) is 10.1. The predicted molar refractivity (Wildman–Crippen MR) is 105 cm³/mol. The number of piperidine rings is 1. The molecule has 28 heavy (non-hydrogen) atoms. The number of likely N-dealkylation sites (tertiary alicyclic amines) is 1. The van der Waals surface area contributed by atoms with Crippen molar-refractivity contribution in [2.75, 3.05) is 26.3 Å². The summed E-state index contributed by atoms with van der Waals surface area (Å²) in [6.45, 7) is 4.84. The van der Waals surface area contributed by atoms with Crippen molar-refractivity contribution in [2.45, 2.75) is 38.5 Å². The first-order valence-corrected chi connectivity index (χ1v) is 10.1. The summed E-state index contributed by atoms with van der Waals surface area (Å²) in [4.78, 5) is 24.2. The van der Waals surface area contributed by atoms with E-state index in [0.717, 1.165) is 49.5 Å². The van der Waals surface area contributed by atoms with Gasteiger partial charge in [-0.05, 0) is 44.7 Å². The lowest BCUT2D eigenvalue weighted by atomic mass is 9.93. The number of carbonyl (C=O) groups is 1. The van der Waals surface area contributed by atoms with Crippen LogP contribution in [0.5, 0.6) is 11.6 Å². The molecule has 2 fully saturated rings. The minimum Gasteiger partial charge on any atom is -0.439 e. The number of rotatable bonds is 4. The standard InChI is InChI=1S/C22H27N3O3/c1-16-14-20(28-19-7-3-2-4-8-19)24-21(23-16)18-6-5-11-25(15-18)22(26)17-9-12-27-13-10-17/h2-4,7-8,14,17-18H,5-6,9-13,15H2,1H3. The van der Waals surface area contributed by atoms with Gasteiger partial charge in [-0.1, -0.05) is 18.2 Å². The highest BCUT2D eigenvalue weighted by Gasteiger charge is 2.31. The van der Waals surface area contributed by atoms with Gasteiger partial charge in [0.05, 0.1) is 0 Å². The number of ether oxygens (including phenoxy) is 2. The highest BCUT2D eigenvalue weighted by atomic mass is 16.5. The average molecular weight is 381 g/mol. The quantitative estimate of drug-likeness (QED) is 0.808. The van der Waals surface area contributed by atoms with Crippen LogP contribution in [-0.2, 0) is 9.53 Å². The number of hydrogen-bond acceptors (Lipinski definition) is 5. The summed E-state index contributed by atoms with van der Waals surface area (Å²) in [5.74, 6) is 2.60. The monoisotopic (exact) mass is 381 g/mol. The Hall–Kier alpha value is -2.47. The van der Waals surface area contributed by atoms with Gasteiger partial charge in [0.15, 0.2) is 0 Å². The number of aryl methyl sites for hydroxylation is 1. The van der Waals surface area contributed by atoms with Gasteiger partial charge >= 0.3 is 0 Å². The lowest BCUT2D eigenvalue weighted by molar-refractivity contribution is -0.139. The second-order valence-electron chi connectivity index (χ2n) is 7.63. The topological polar surface area (TPSA) is 64.5 Å². The van der Waals surface area contributed by atoms with Crippen LogP contribution in [0.4, 0.5) is 0 Å². The number of nitrogens with zero attached hydrogens (tertiary/aromatic N) is 3. The second kappa shape index (κ2) is 8.69. The van der Waals surface area contributed by atoms with Gasteiger partial charge in [-0.25, -0.2) is 4.98 Å². The Balaban J connectivity index is 1.47. The van der Waals surface area contributed by atoms with Crippen LogP contribution in [-0.4, -0.2) is 47.1 Å². The van der Waals surface area contributed by atoms with Crippen molar-refractivity contribution in [3.63, 3.8) is 0 Å². The molecular weight excluding hydrogens is 354 g/mol. The van der Waals surface area contributed by atoms with Crippen LogP contribution in [0, 0.1) is 12.8 Å². The average Bonchev–Trinajstić information content (AvgIpc) is 2.74. The van der Waals surface area contributed by atoms with Crippen LogP contribution in [0.3, 0.4) is 0 Å². The highest BCUT2D eigenvalue weighted by Crippen LogP contribution is 2.29. The summed E-state index contributed by atoms with van der Waals surface area (Å²) in [5, 5.41) is 0. The lowest BCUT2D eigenvalue weighted by Gasteiger charge is -2.35. The number of para-hydroxylation sites is 1. The predicted octanol–water partition coefficient (Wildman–Crippen LogP) is 3.71. The molecule has 2 saturated heterocycles. The zero-order chi connectivity index (χ0) is 19.3. The van der Waals surface area contributed by atoms with Crippen molar-refractivity contribution < 1.29 is 14.3 Å². The maximum Gasteiger partial charge on any atom is 0.225 e.